The predicted molar refractivity (Wildman–Crippen MR) is 34.9 cm³/mol. The van der Waals surface area contributed by atoms with Crippen LogP contribution in [0, 0.1) is 0 Å². The van der Waals surface area contributed by atoms with Crippen LogP contribution < -0.4 is 0 Å². The van der Waals surface area contributed by atoms with E-state index >= 15 is 0 Å². The topological polar surface area (TPSA) is 49.7 Å². The molecular formula is C5H11BO3. The van der Waals surface area contributed by atoms with Gasteiger partial charge in [-0.3, -0.25) is 0 Å². The Labute approximate surface area is 55.0 Å². The Kier molecular flexibility index (Phi) is 1.79. The van der Waals surface area contributed by atoms with Crippen LogP contribution in [0.5, 0.6) is 0 Å². The maximum atomic E-state index is 9.06. The van der Waals surface area contributed by atoms with Crippen LogP contribution >= 0.6 is 0 Å². The molecule has 0 radical (unpaired) electrons. The molecule has 1 heterocycles. The number of hydrogen-bond acceptors (Lipinski definition) is 3. The summed E-state index contributed by atoms with van der Waals surface area (Å²) in [7, 11) is 1.75. The number of aliphatic hydroxyl groups excluding tert-OH is 2. The minimum atomic E-state index is -0.708. The van der Waals surface area contributed by atoms with Crippen molar-refractivity contribution < 1.29 is 14.9 Å². The number of aliphatic hydroxyl groups is 2. The molecule has 0 aliphatic carbocycles. The Hall–Kier alpha value is -0.0551. The van der Waals surface area contributed by atoms with Gasteiger partial charge in [-0.15, -0.1) is 0 Å². The third-order valence-electron chi connectivity index (χ3n) is 1.74. The molecule has 0 saturated carbocycles. The standard InChI is InChI=1S/C5H11BO3/c1-2-3(7)4(8)5(6)9-2/h2-5,7-8H,6H2,1H3/t2-,3?,4?,5+/m1/s1. The number of hydrogen-bond donors (Lipinski definition) is 2. The van der Waals surface area contributed by atoms with Crippen molar-refractivity contribution in [3.63, 3.8) is 0 Å². The zero-order chi connectivity index (χ0) is 7.02. The van der Waals surface area contributed by atoms with E-state index < -0.39 is 12.2 Å². The van der Waals surface area contributed by atoms with E-state index in [9.17, 15) is 0 Å². The van der Waals surface area contributed by atoms with E-state index in [1.165, 1.54) is 0 Å². The smallest absolute Gasteiger partial charge is 0.142 e. The second-order valence-corrected chi connectivity index (χ2v) is 2.53. The maximum Gasteiger partial charge on any atom is 0.142 e. The van der Waals surface area contributed by atoms with Gasteiger partial charge in [0.1, 0.15) is 20.1 Å². The predicted octanol–water partition coefficient (Wildman–Crippen LogP) is -1.91. The Morgan fingerprint density at radius 2 is 1.89 bits per heavy atom. The van der Waals surface area contributed by atoms with Crippen LogP contribution in [0.2, 0.25) is 0 Å². The van der Waals surface area contributed by atoms with Crippen LogP contribution in [0.15, 0.2) is 0 Å². The average molecular weight is 130 g/mol. The molecule has 9 heavy (non-hydrogen) atoms. The second kappa shape index (κ2) is 2.29. The summed E-state index contributed by atoms with van der Waals surface area (Å²) >= 11 is 0. The van der Waals surface area contributed by atoms with Crippen LogP contribution in [-0.4, -0.2) is 42.4 Å². The molecule has 52 valence electrons. The van der Waals surface area contributed by atoms with Gasteiger partial charge in [-0.2, -0.15) is 0 Å². The summed E-state index contributed by atoms with van der Waals surface area (Å²) < 4.78 is 5.09. The molecule has 0 aromatic carbocycles. The summed E-state index contributed by atoms with van der Waals surface area (Å²) in [6, 6.07) is -0.227. The molecular weight excluding hydrogens is 119 g/mol. The van der Waals surface area contributed by atoms with E-state index in [-0.39, 0.29) is 12.1 Å². The lowest BCUT2D eigenvalue weighted by Gasteiger charge is -2.08. The fourth-order valence-electron chi connectivity index (χ4n) is 1.05. The molecule has 4 heteroatoms. The van der Waals surface area contributed by atoms with E-state index in [2.05, 4.69) is 0 Å². The molecule has 0 amide bonds. The van der Waals surface area contributed by atoms with Gasteiger partial charge in [-0.1, -0.05) is 0 Å². The molecule has 0 bridgehead atoms. The fourth-order valence-corrected chi connectivity index (χ4v) is 1.05. The Morgan fingerprint density at radius 3 is 2.00 bits per heavy atom. The Bertz CT molecular complexity index is 96.4. The lowest BCUT2D eigenvalue weighted by atomic mass is 9.93. The first-order valence-corrected chi connectivity index (χ1v) is 3.14. The summed E-state index contributed by atoms with van der Waals surface area (Å²) in [5, 5.41) is 18.1. The highest BCUT2D eigenvalue weighted by atomic mass is 16.5. The van der Waals surface area contributed by atoms with Crippen molar-refractivity contribution in [2.45, 2.75) is 31.2 Å². The van der Waals surface area contributed by atoms with Gasteiger partial charge in [0.25, 0.3) is 0 Å². The van der Waals surface area contributed by atoms with Gasteiger partial charge in [0, 0.05) is 0 Å². The summed E-state index contributed by atoms with van der Waals surface area (Å²) in [4.78, 5) is 0. The quantitative estimate of drug-likeness (QED) is 0.376. The highest BCUT2D eigenvalue weighted by molar-refractivity contribution is 6.11. The molecule has 0 aromatic heterocycles. The maximum absolute atomic E-state index is 9.06. The van der Waals surface area contributed by atoms with Crippen LogP contribution in [0.3, 0.4) is 0 Å². The van der Waals surface area contributed by atoms with E-state index in [0.717, 1.165) is 0 Å². The summed E-state index contributed by atoms with van der Waals surface area (Å²) in [6.07, 6.45) is -1.64. The fraction of sp³-hybridized carbons (Fsp3) is 1.00. The van der Waals surface area contributed by atoms with Gasteiger partial charge in [0.15, 0.2) is 0 Å². The monoisotopic (exact) mass is 130 g/mol. The first-order valence-electron chi connectivity index (χ1n) is 3.14. The Morgan fingerprint density at radius 1 is 1.33 bits per heavy atom. The third-order valence-corrected chi connectivity index (χ3v) is 1.74. The van der Waals surface area contributed by atoms with Crippen molar-refractivity contribution in [1.29, 1.82) is 0 Å². The average Bonchev–Trinajstić information content (AvgIpc) is 1.98. The highest BCUT2D eigenvalue weighted by Gasteiger charge is 2.36. The third kappa shape index (κ3) is 1.10. The normalized spacial score (nSPS) is 51.9. The molecule has 2 N–H and O–H groups in total. The second-order valence-electron chi connectivity index (χ2n) is 2.53. The number of ether oxygens (including phenoxy) is 1. The first-order chi connectivity index (χ1) is 4.13. The van der Waals surface area contributed by atoms with Crippen LogP contribution in [-0.2, 0) is 4.74 Å². The summed E-state index contributed by atoms with van der Waals surface area (Å²) in [5.74, 6) is 0. The molecule has 0 aromatic rings. The van der Waals surface area contributed by atoms with E-state index in [4.69, 9.17) is 14.9 Å². The van der Waals surface area contributed by atoms with E-state index in [1.54, 1.807) is 14.8 Å². The van der Waals surface area contributed by atoms with E-state index in [0.29, 0.717) is 0 Å². The van der Waals surface area contributed by atoms with Gasteiger partial charge in [-0.25, -0.2) is 0 Å². The minimum absolute atomic E-state index is 0.227. The minimum Gasteiger partial charge on any atom is -0.388 e. The van der Waals surface area contributed by atoms with Crippen LogP contribution in [0.1, 0.15) is 6.92 Å². The van der Waals surface area contributed by atoms with Crippen molar-refractivity contribution in [2.24, 2.45) is 0 Å². The molecule has 0 spiro atoms. The first kappa shape index (κ1) is 7.06. The van der Waals surface area contributed by atoms with Crippen molar-refractivity contribution in [1.82, 2.24) is 0 Å². The molecule has 1 aliphatic rings. The zero-order valence-electron chi connectivity index (χ0n) is 5.61. The lowest BCUT2D eigenvalue weighted by molar-refractivity contribution is 0.0318. The van der Waals surface area contributed by atoms with E-state index in [1.807, 2.05) is 0 Å². The van der Waals surface area contributed by atoms with Crippen molar-refractivity contribution in [3.05, 3.63) is 0 Å². The van der Waals surface area contributed by atoms with Crippen LogP contribution in [0.4, 0.5) is 0 Å². The largest absolute Gasteiger partial charge is 0.388 e. The Balaban J connectivity index is 2.54. The summed E-state index contributed by atoms with van der Waals surface area (Å²) in [5.41, 5.74) is 0. The summed E-state index contributed by atoms with van der Waals surface area (Å²) in [6.45, 7) is 1.75. The van der Waals surface area contributed by atoms with Crippen molar-refractivity contribution in [2.75, 3.05) is 0 Å². The van der Waals surface area contributed by atoms with Gasteiger partial charge in [-0.05, 0) is 6.92 Å². The SMILES string of the molecule is B[C@H]1O[C@H](C)C(O)C1O. The molecule has 1 rings (SSSR count). The van der Waals surface area contributed by atoms with Crippen LogP contribution in [0.25, 0.3) is 0 Å². The van der Waals surface area contributed by atoms with Crippen molar-refractivity contribution in [3.8, 4) is 0 Å². The molecule has 1 fully saturated rings. The molecule has 1 saturated heterocycles. The highest BCUT2D eigenvalue weighted by Crippen LogP contribution is 2.17. The number of rotatable bonds is 0. The van der Waals surface area contributed by atoms with Gasteiger partial charge in [0.2, 0.25) is 0 Å². The molecule has 1 aliphatic heterocycles. The van der Waals surface area contributed by atoms with Gasteiger partial charge < -0.3 is 14.9 Å². The van der Waals surface area contributed by atoms with Gasteiger partial charge in [0.05, 0.1) is 12.1 Å². The molecule has 2 unspecified atom stereocenters. The lowest BCUT2D eigenvalue weighted by Crippen LogP contribution is -2.31. The van der Waals surface area contributed by atoms with Crippen molar-refractivity contribution >= 4 is 7.85 Å². The molecule has 3 nitrogen and oxygen atoms in total. The van der Waals surface area contributed by atoms with Gasteiger partial charge >= 0.3 is 0 Å². The zero-order valence-corrected chi connectivity index (χ0v) is 5.61. The molecule has 4 atom stereocenters.